The summed E-state index contributed by atoms with van der Waals surface area (Å²) in [7, 11) is 0. The van der Waals surface area contributed by atoms with Gasteiger partial charge in [0.15, 0.2) is 0 Å². The first-order valence-corrected chi connectivity index (χ1v) is 9.19. The van der Waals surface area contributed by atoms with Crippen LogP contribution in [0.3, 0.4) is 0 Å². The molecule has 0 saturated carbocycles. The summed E-state index contributed by atoms with van der Waals surface area (Å²) in [5.41, 5.74) is 6.47. The van der Waals surface area contributed by atoms with Crippen LogP contribution in [0.2, 0.25) is 0 Å². The first-order valence-electron chi connectivity index (χ1n) is 9.19. The van der Waals surface area contributed by atoms with E-state index in [9.17, 15) is 0 Å². The first kappa shape index (κ1) is 21.4. The predicted molar refractivity (Wildman–Crippen MR) is 104 cm³/mol. The van der Waals surface area contributed by atoms with E-state index in [1.165, 1.54) is 35.2 Å². The lowest BCUT2D eigenvalue weighted by Gasteiger charge is -2.05. The van der Waals surface area contributed by atoms with Gasteiger partial charge in [0.05, 0.1) is 0 Å². The molecule has 1 aromatic heterocycles. The van der Waals surface area contributed by atoms with Gasteiger partial charge in [-0.05, 0) is 61.9 Å². The largest absolute Gasteiger partial charge is 0.258 e. The Balaban J connectivity index is 0.00000112. The third kappa shape index (κ3) is 8.54. The molecule has 1 heteroatoms. The molecule has 0 radical (unpaired) electrons. The minimum absolute atomic E-state index is 1.02. The van der Waals surface area contributed by atoms with E-state index in [1.807, 2.05) is 27.7 Å². The van der Waals surface area contributed by atoms with Gasteiger partial charge in [0.1, 0.15) is 0 Å². The zero-order valence-electron chi connectivity index (χ0n) is 16.2. The van der Waals surface area contributed by atoms with Gasteiger partial charge < -0.3 is 0 Å². The van der Waals surface area contributed by atoms with Crippen molar-refractivity contribution in [1.29, 1.82) is 0 Å². The number of aromatic nitrogens is 1. The van der Waals surface area contributed by atoms with Crippen molar-refractivity contribution < 1.29 is 0 Å². The van der Waals surface area contributed by atoms with Crippen molar-refractivity contribution in [3.05, 3.63) is 64.5 Å². The summed E-state index contributed by atoms with van der Waals surface area (Å²) in [5.74, 6) is 0. The van der Waals surface area contributed by atoms with Crippen molar-refractivity contribution in [2.45, 2.75) is 74.1 Å². The first-order chi connectivity index (χ1) is 11.2. The molecule has 0 atom stereocenters. The van der Waals surface area contributed by atoms with E-state index in [2.05, 4.69) is 62.2 Å². The zero-order valence-corrected chi connectivity index (χ0v) is 16.2. The molecule has 1 nitrogen and oxygen atoms in total. The van der Waals surface area contributed by atoms with E-state index in [-0.39, 0.29) is 0 Å². The number of hydrogen-bond acceptors (Lipinski definition) is 1. The van der Waals surface area contributed by atoms with Crippen molar-refractivity contribution in [3.63, 3.8) is 0 Å². The van der Waals surface area contributed by atoms with Gasteiger partial charge in [-0.25, -0.2) is 0 Å². The SMILES string of the molecule is CC.CC.CCCc1ccc(CCc2cc(C)cc(C)n2)cc1. The number of hydrogen-bond donors (Lipinski definition) is 0. The minimum atomic E-state index is 1.02. The van der Waals surface area contributed by atoms with Crippen molar-refractivity contribution in [1.82, 2.24) is 4.98 Å². The highest BCUT2D eigenvalue weighted by Crippen LogP contribution is 2.11. The number of benzene rings is 1. The van der Waals surface area contributed by atoms with Crippen LogP contribution in [-0.4, -0.2) is 4.98 Å². The molecule has 0 bridgehead atoms. The molecule has 0 saturated heterocycles. The highest BCUT2D eigenvalue weighted by molar-refractivity contribution is 5.24. The van der Waals surface area contributed by atoms with E-state index < -0.39 is 0 Å². The maximum Gasteiger partial charge on any atom is 0.0412 e. The van der Waals surface area contributed by atoms with Crippen molar-refractivity contribution in [2.24, 2.45) is 0 Å². The normalized spacial score (nSPS) is 9.35. The van der Waals surface area contributed by atoms with E-state index in [0.717, 1.165) is 18.5 Å². The smallest absolute Gasteiger partial charge is 0.0412 e. The number of rotatable bonds is 5. The van der Waals surface area contributed by atoms with Gasteiger partial charge in [0.25, 0.3) is 0 Å². The molecule has 0 amide bonds. The second-order valence-electron chi connectivity index (χ2n) is 5.34. The van der Waals surface area contributed by atoms with E-state index in [4.69, 9.17) is 0 Å². The molecule has 2 aromatic rings. The Hall–Kier alpha value is -1.63. The Morgan fingerprint density at radius 3 is 1.74 bits per heavy atom. The van der Waals surface area contributed by atoms with E-state index >= 15 is 0 Å². The second kappa shape index (κ2) is 12.9. The van der Waals surface area contributed by atoms with Crippen LogP contribution < -0.4 is 0 Å². The van der Waals surface area contributed by atoms with Gasteiger partial charge in [0, 0.05) is 11.4 Å². The van der Waals surface area contributed by atoms with E-state index in [0.29, 0.717) is 0 Å². The molecule has 2 rings (SSSR count). The van der Waals surface area contributed by atoms with Gasteiger partial charge in [-0.2, -0.15) is 0 Å². The summed E-state index contributed by atoms with van der Waals surface area (Å²) in [6.45, 7) is 14.4. The zero-order chi connectivity index (χ0) is 17.7. The number of pyridine rings is 1. The lowest BCUT2D eigenvalue weighted by atomic mass is 10.0. The monoisotopic (exact) mass is 313 g/mol. The van der Waals surface area contributed by atoms with Gasteiger partial charge in [0.2, 0.25) is 0 Å². The average Bonchev–Trinajstić information content (AvgIpc) is 2.57. The Morgan fingerprint density at radius 2 is 1.26 bits per heavy atom. The molecule has 0 aliphatic carbocycles. The summed E-state index contributed by atoms with van der Waals surface area (Å²) in [6.07, 6.45) is 4.49. The molecule has 0 spiro atoms. The molecule has 0 fully saturated rings. The van der Waals surface area contributed by atoms with Crippen molar-refractivity contribution in [2.75, 3.05) is 0 Å². The lowest BCUT2D eigenvalue weighted by molar-refractivity contribution is 0.891. The van der Waals surface area contributed by atoms with Gasteiger partial charge in [-0.1, -0.05) is 65.3 Å². The van der Waals surface area contributed by atoms with Crippen LogP contribution in [0.15, 0.2) is 36.4 Å². The highest BCUT2D eigenvalue weighted by Gasteiger charge is 2.00. The summed E-state index contributed by atoms with van der Waals surface area (Å²) in [6, 6.07) is 13.4. The predicted octanol–water partition coefficient (Wildman–Crippen LogP) is 6.49. The molecule has 1 aromatic carbocycles. The average molecular weight is 314 g/mol. The topological polar surface area (TPSA) is 12.9 Å². The van der Waals surface area contributed by atoms with Crippen LogP contribution in [0, 0.1) is 13.8 Å². The number of nitrogens with zero attached hydrogens (tertiary/aromatic N) is 1. The molecule has 23 heavy (non-hydrogen) atoms. The maximum atomic E-state index is 4.60. The van der Waals surface area contributed by atoms with Crippen LogP contribution in [0.1, 0.15) is 69.1 Å². The van der Waals surface area contributed by atoms with Crippen LogP contribution >= 0.6 is 0 Å². The van der Waals surface area contributed by atoms with Crippen LogP contribution in [0.5, 0.6) is 0 Å². The summed E-state index contributed by atoms with van der Waals surface area (Å²) in [4.78, 5) is 4.60. The maximum absolute atomic E-state index is 4.60. The van der Waals surface area contributed by atoms with Crippen molar-refractivity contribution in [3.8, 4) is 0 Å². The molecule has 128 valence electrons. The fourth-order valence-corrected chi connectivity index (χ4v) is 2.49. The summed E-state index contributed by atoms with van der Waals surface area (Å²) < 4.78 is 0. The van der Waals surface area contributed by atoms with Crippen LogP contribution in [0.25, 0.3) is 0 Å². The Labute approximate surface area is 144 Å². The molecule has 0 aliphatic rings. The summed E-state index contributed by atoms with van der Waals surface area (Å²) >= 11 is 0. The van der Waals surface area contributed by atoms with Crippen LogP contribution in [-0.2, 0) is 19.3 Å². The third-order valence-electron chi connectivity index (χ3n) is 3.38. The van der Waals surface area contributed by atoms with Gasteiger partial charge >= 0.3 is 0 Å². The lowest BCUT2D eigenvalue weighted by Crippen LogP contribution is -1.97. The minimum Gasteiger partial charge on any atom is -0.258 e. The van der Waals surface area contributed by atoms with E-state index in [1.54, 1.807) is 0 Å². The molecule has 0 aliphatic heterocycles. The quantitative estimate of drug-likeness (QED) is 0.615. The molecule has 0 unspecified atom stereocenters. The fourth-order valence-electron chi connectivity index (χ4n) is 2.49. The fraction of sp³-hybridized carbons (Fsp3) is 0.500. The van der Waals surface area contributed by atoms with Gasteiger partial charge in [-0.15, -0.1) is 0 Å². The number of aryl methyl sites for hydroxylation is 5. The molecular weight excluding hydrogens is 278 g/mol. The molecule has 0 N–H and O–H groups in total. The molecular formula is C22H35N. The second-order valence-corrected chi connectivity index (χ2v) is 5.34. The third-order valence-corrected chi connectivity index (χ3v) is 3.38. The van der Waals surface area contributed by atoms with Crippen LogP contribution in [0.4, 0.5) is 0 Å². The Kier molecular flexibility index (Phi) is 12.0. The molecule has 1 heterocycles. The Bertz CT molecular complexity index is 506. The standard InChI is InChI=1S/C18H23N.2C2H6/c1-4-5-16-6-8-17(9-7-16)10-11-18-13-14(2)12-15(3)19-18;2*1-2/h6-9,12-13H,4-5,10-11H2,1-3H3;2*1-2H3. The van der Waals surface area contributed by atoms with Gasteiger partial charge in [-0.3, -0.25) is 4.98 Å². The highest BCUT2D eigenvalue weighted by atomic mass is 14.7. The summed E-state index contributed by atoms with van der Waals surface area (Å²) in [5, 5.41) is 0. The Morgan fingerprint density at radius 1 is 0.739 bits per heavy atom. The van der Waals surface area contributed by atoms with Crippen molar-refractivity contribution >= 4 is 0 Å².